The Kier molecular flexibility index (Phi) is 3.04. The summed E-state index contributed by atoms with van der Waals surface area (Å²) in [4.78, 5) is 31.3. The Labute approximate surface area is 144 Å². The summed E-state index contributed by atoms with van der Waals surface area (Å²) in [6.07, 6.45) is 8.05. The summed E-state index contributed by atoms with van der Waals surface area (Å²) in [6, 6.07) is 7.90. The first-order chi connectivity index (χ1) is 12.2. The Balaban J connectivity index is 1.51. The third-order valence-electron chi connectivity index (χ3n) is 5.31. The van der Waals surface area contributed by atoms with E-state index in [1.165, 1.54) is 16.0 Å². The monoisotopic (exact) mass is 331 g/mol. The molecule has 25 heavy (non-hydrogen) atoms. The molecule has 3 aromatic rings. The molecular formula is C20H17N3O2. The zero-order valence-electron chi connectivity index (χ0n) is 13.7. The summed E-state index contributed by atoms with van der Waals surface area (Å²) < 4.78 is 1.95. The second-order valence-corrected chi connectivity index (χ2v) is 6.71. The number of rotatable bonds is 4. The molecule has 1 aromatic heterocycles. The largest absolute Gasteiger partial charge is 0.337 e. The second-order valence-electron chi connectivity index (χ2n) is 6.71. The quantitative estimate of drug-likeness (QED) is 0.691. The van der Waals surface area contributed by atoms with Gasteiger partial charge in [0.25, 0.3) is 11.8 Å². The molecular weight excluding hydrogens is 314 g/mol. The standard InChI is InChI=1S/C20H17N3O2/c24-19-15-6-4-13-2-3-14-5-7-16(18(15)17(13)14)20(25)23(19)10-1-9-22-11-8-21-12-22/h4-8,11-12H,1-3,9-10H2. The van der Waals surface area contributed by atoms with Gasteiger partial charge >= 0.3 is 0 Å². The van der Waals surface area contributed by atoms with Gasteiger partial charge in [0.05, 0.1) is 6.33 Å². The Morgan fingerprint density at radius 3 is 2.16 bits per heavy atom. The molecule has 0 N–H and O–H groups in total. The van der Waals surface area contributed by atoms with E-state index in [1.807, 2.05) is 22.9 Å². The summed E-state index contributed by atoms with van der Waals surface area (Å²) in [7, 11) is 0. The van der Waals surface area contributed by atoms with E-state index in [0.717, 1.165) is 30.2 Å². The van der Waals surface area contributed by atoms with Crippen molar-refractivity contribution in [3.05, 3.63) is 65.2 Å². The minimum Gasteiger partial charge on any atom is -0.337 e. The molecule has 0 saturated heterocycles. The first-order valence-electron chi connectivity index (χ1n) is 8.63. The van der Waals surface area contributed by atoms with E-state index in [1.54, 1.807) is 12.5 Å². The van der Waals surface area contributed by atoms with Crippen LogP contribution in [0.15, 0.2) is 43.0 Å². The van der Waals surface area contributed by atoms with Gasteiger partial charge in [-0.15, -0.1) is 0 Å². The van der Waals surface area contributed by atoms with Crippen LogP contribution in [0.3, 0.4) is 0 Å². The van der Waals surface area contributed by atoms with Crippen LogP contribution in [0.2, 0.25) is 0 Å². The number of hydrogen-bond donors (Lipinski definition) is 0. The molecule has 124 valence electrons. The van der Waals surface area contributed by atoms with Crippen LogP contribution in [0, 0.1) is 0 Å². The number of amides is 2. The summed E-state index contributed by atoms with van der Waals surface area (Å²) in [5, 5.41) is 2.00. The lowest BCUT2D eigenvalue weighted by Crippen LogP contribution is -2.41. The summed E-state index contributed by atoms with van der Waals surface area (Å²) >= 11 is 0. The van der Waals surface area contributed by atoms with E-state index in [4.69, 9.17) is 0 Å². The SMILES string of the molecule is O=C1c2ccc3c4c(ccc(c24)C(=O)N1CCCn1ccnc1)CC3. The highest BCUT2D eigenvalue weighted by Crippen LogP contribution is 2.38. The van der Waals surface area contributed by atoms with E-state index in [2.05, 4.69) is 17.1 Å². The molecule has 0 saturated carbocycles. The number of imidazole rings is 1. The van der Waals surface area contributed by atoms with Crippen LogP contribution in [-0.4, -0.2) is 32.8 Å². The van der Waals surface area contributed by atoms with Crippen molar-refractivity contribution in [2.45, 2.75) is 25.8 Å². The molecule has 1 aliphatic carbocycles. The third-order valence-corrected chi connectivity index (χ3v) is 5.31. The van der Waals surface area contributed by atoms with E-state index in [-0.39, 0.29) is 11.8 Å². The zero-order valence-corrected chi connectivity index (χ0v) is 13.7. The Hall–Kier alpha value is -2.95. The van der Waals surface area contributed by atoms with Crippen molar-refractivity contribution in [2.75, 3.05) is 6.54 Å². The van der Waals surface area contributed by atoms with Gasteiger partial charge in [0.1, 0.15) is 0 Å². The van der Waals surface area contributed by atoms with Gasteiger partial charge in [-0.3, -0.25) is 14.5 Å². The lowest BCUT2D eigenvalue weighted by molar-refractivity contribution is 0.0607. The number of aromatic nitrogens is 2. The minimum atomic E-state index is -0.168. The van der Waals surface area contributed by atoms with Crippen molar-refractivity contribution in [3.8, 4) is 0 Å². The van der Waals surface area contributed by atoms with Gasteiger partial charge < -0.3 is 4.57 Å². The molecule has 5 nitrogen and oxygen atoms in total. The smallest absolute Gasteiger partial charge is 0.261 e. The van der Waals surface area contributed by atoms with Crippen LogP contribution in [0.4, 0.5) is 0 Å². The van der Waals surface area contributed by atoms with Crippen molar-refractivity contribution >= 4 is 22.6 Å². The number of carbonyl (C=O) groups is 2. The van der Waals surface area contributed by atoms with Crippen LogP contribution >= 0.6 is 0 Å². The van der Waals surface area contributed by atoms with Crippen molar-refractivity contribution < 1.29 is 9.59 Å². The van der Waals surface area contributed by atoms with Crippen molar-refractivity contribution in [1.82, 2.24) is 14.5 Å². The predicted octanol–water partition coefficient (Wildman–Crippen LogP) is 2.82. The lowest BCUT2D eigenvalue weighted by Gasteiger charge is -2.27. The molecule has 0 atom stereocenters. The van der Waals surface area contributed by atoms with Crippen LogP contribution in [0.25, 0.3) is 10.8 Å². The van der Waals surface area contributed by atoms with Crippen molar-refractivity contribution in [2.24, 2.45) is 0 Å². The summed E-state index contributed by atoms with van der Waals surface area (Å²) in [5.74, 6) is -0.336. The normalized spacial score (nSPS) is 15.4. The molecule has 1 aliphatic heterocycles. The number of hydrogen-bond acceptors (Lipinski definition) is 3. The zero-order chi connectivity index (χ0) is 17.0. The molecule has 0 spiro atoms. The molecule has 0 unspecified atom stereocenters. The Morgan fingerprint density at radius 1 is 0.880 bits per heavy atom. The highest BCUT2D eigenvalue weighted by molar-refractivity contribution is 6.26. The van der Waals surface area contributed by atoms with Crippen LogP contribution in [0.5, 0.6) is 0 Å². The van der Waals surface area contributed by atoms with Crippen LogP contribution in [-0.2, 0) is 19.4 Å². The minimum absolute atomic E-state index is 0.168. The number of carbonyl (C=O) groups excluding carboxylic acids is 2. The number of aryl methyl sites for hydroxylation is 3. The van der Waals surface area contributed by atoms with Gasteiger partial charge in [0, 0.05) is 42.0 Å². The summed E-state index contributed by atoms with van der Waals surface area (Å²) in [6.45, 7) is 1.15. The summed E-state index contributed by atoms with van der Waals surface area (Å²) in [5.41, 5.74) is 3.84. The predicted molar refractivity (Wildman–Crippen MR) is 93.6 cm³/mol. The Morgan fingerprint density at radius 2 is 1.56 bits per heavy atom. The van der Waals surface area contributed by atoms with E-state index in [9.17, 15) is 9.59 Å². The van der Waals surface area contributed by atoms with E-state index in [0.29, 0.717) is 24.1 Å². The van der Waals surface area contributed by atoms with Gasteiger partial charge in [-0.1, -0.05) is 12.1 Å². The highest BCUT2D eigenvalue weighted by Gasteiger charge is 2.34. The molecule has 2 amide bonds. The molecule has 0 fully saturated rings. The topological polar surface area (TPSA) is 55.2 Å². The molecule has 2 aliphatic rings. The van der Waals surface area contributed by atoms with E-state index >= 15 is 0 Å². The third kappa shape index (κ3) is 2.05. The molecule has 5 rings (SSSR count). The lowest BCUT2D eigenvalue weighted by atomic mass is 9.91. The van der Waals surface area contributed by atoms with Gasteiger partial charge in [0.15, 0.2) is 0 Å². The molecule has 0 radical (unpaired) electrons. The van der Waals surface area contributed by atoms with E-state index < -0.39 is 0 Å². The maximum absolute atomic E-state index is 12.9. The van der Waals surface area contributed by atoms with Gasteiger partial charge in [0.2, 0.25) is 0 Å². The fourth-order valence-corrected chi connectivity index (χ4v) is 4.10. The van der Waals surface area contributed by atoms with Crippen LogP contribution < -0.4 is 0 Å². The van der Waals surface area contributed by atoms with Gasteiger partial charge in [-0.2, -0.15) is 0 Å². The molecule has 2 heterocycles. The fourth-order valence-electron chi connectivity index (χ4n) is 4.10. The number of nitrogens with zero attached hydrogens (tertiary/aromatic N) is 3. The van der Waals surface area contributed by atoms with Crippen molar-refractivity contribution in [1.29, 1.82) is 0 Å². The first kappa shape index (κ1) is 14.4. The fraction of sp³-hybridized carbons (Fsp3) is 0.250. The molecule has 5 heteroatoms. The number of benzene rings is 2. The average molecular weight is 331 g/mol. The Bertz CT molecular complexity index is 962. The van der Waals surface area contributed by atoms with Gasteiger partial charge in [-0.25, -0.2) is 4.98 Å². The van der Waals surface area contributed by atoms with Gasteiger partial charge in [-0.05, 0) is 47.9 Å². The second kappa shape index (κ2) is 5.28. The highest BCUT2D eigenvalue weighted by atomic mass is 16.2. The van der Waals surface area contributed by atoms with Crippen LogP contribution in [0.1, 0.15) is 38.3 Å². The first-order valence-corrected chi connectivity index (χ1v) is 8.63. The molecule has 2 aromatic carbocycles. The van der Waals surface area contributed by atoms with Crippen molar-refractivity contribution in [3.63, 3.8) is 0 Å². The maximum atomic E-state index is 12.9. The number of imide groups is 1. The maximum Gasteiger partial charge on any atom is 0.261 e. The average Bonchev–Trinajstić information content (AvgIpc) is 3.28. The molecule has 0 bridgehead atoms.